The molecule has 0 aliphatic carbocycles. The minimum absolute atomic E-state index is 0.141. The maximum Gasteiger partial charge on any atom is 0.112 e. The van der Waals surface area contributed by atoms with Crippen molar-refractivity contribution in [3.63, 3.8) is 0 Å². The predicted octanol–water partition coefficient (Wildman–Crippen LogP) is 2.40. The summed E-state index contributed by atoms with van der Waals surface area (Å²) in [6.45, 7) is 8.29. The molecule has 0 saturated carbocycles. The lowest BCUT2D eigenvalue weighted by molar-refractivity contribution is -0.102. The smallest absolute Gasteiger partial charge is 0.112 e. The highest BCUT2D eigenvalue weighted by Gasteiger charge is 2.42. The minimum Gasteiger partial charge on any atom is -0.368 e. The number of piperidine rings is 1. The van der Waals surface area contributed by atoms with Crippen LogP contribution in [0.3, 0.4) is 0 Å². The summed E-state index contributed by atoms with van der Waals surface area (Å²) in [5.74, 6) is 0.642. The van der Waals surface area contributed by atoms with E-state index in [1.54, 1.807) is 0 Å². The maximum absolute atomic E-state index is 6.22. The molecule has 1 fully saturated rings. The van der Waals surface area contributed by atoms with Crippen molar-refractivity contribution in [2.45, 2.75) is 51.7 Å². The molecule has 0 unspecified atom stereocenters. The summed E-state index contributed by atoms with van der Waals surface area (Å²) >= 11 is 0. The molecule has 4 heterocycles. The van der Waals surface area contributed by atoms with Gasteiger partial charge in [-0.1, -0.05) is 13.8 Å². The Labute approximate surface area is 143 Å². The zero-order valence-electron chi connectivity index (χ0n) is 14.6. The number of aromatic amines is 2. The highest BCUT2D eigenvalue weighted by Crippen LogP contribution is 2.40. The van der Waals surface area contributed by atoms with Crippen LogP contribution in [-0.4, -0.2) is 45.0 Å². The van der Waals surface area contributed by atoms with Crippen LogP contribution in [0.5, 0.6) is 0 Å². The number of fused-ring (bicyclic) bond motifs is 2. The summed E-state index contributed by atoms with van der Waals surface area (Å²) < 4.78 is 6.22. The van der Waals surface area contributed by atoms with Crippen molar-refractivity contribution < 1.29 is 4.74 Å². The largest absolute Gasteiger partial charge is 0.368 e. The van der Waals surface area contributed by atoms with E-state index in [0.717, 1.165) is 51.9 Å². The molecule has 1 saturated heterocycles. The van der Waals surface area contributed by atoms with Gasteiger partial charge in [0, 0.05) is 25.3 Å². The van der Waals surface area contributed by atoms with Crippen molar-refractivity contribution >= 4 is 0 Å². The second-order valence-corrected chi connectivity index (χ2v) is 7.62. The Morgan fingerprint density at radius 2 is 2.12 bits per heavy atom. The van der Waals surface area contributed by atoms with Gasteiger partial charge in [0.1, 0.15) is 5.60 Å². The van der Waals surface area contributed by atoms with Gasteiger partial charge < -0.3 is 4.74 Å². The van der Waals surface area contributed by atoms with Crippen LogP contribution >= 0.6 is 0 Å². The zero-order valence-corrected chi connectivity index (χ0v) is 14.6. The van der Waals surface area contributed by atoms with Gasteiger partial charge in [0.2, 0.25) is 0 Å². The third-order valence-electron chi connectivity index (χ3n) is 5.28. The average molecular weight is 329 g/mol. The molecule has 4 rings (SSSR count). The van der Waals surface area contributed by atoms with E-state index in [1.165, 1.54) is 22.6 Å². The van der Waals surface area contributed by atoms with Gasteiger partial charge >= 0.3 is 0 Å². The molecule has 130 valence electrons. The van der Waals surface area contributed by atoms with Gasteiger partial charge in [-0.25, -0.2) is 0 Å². The highest BCUT2D eigenvalue weighted by atomic mass is 16.5. The van der Waals surface area contributed by atoms with Crippen molar-refractivity contribution in [1.29, 1.82) is 0 Å². The summed E-state index contributed by atoms with van der Waals surface area (Å²) in [6.07, 6.45) is 6.03. The van der Waals surface area contributed by atoms with Gasteiger partial charge in [-0.15, -0.1) is 0 Å². The van der Waals surface area contributed by atoms with Crippen LogP contribution < -0.4 is 0 Å². The highest BCUT2D eigenvalue weighted by molar-refractivity contribution is 5.26. The van der Waals surface area contributed by atoms with Crippen LogP contribution in [0.1, 0.15) is 49.3 Å². The fraction of sp³-hybridized carbons (Fsp3) is 0.667. The molecule has 2 aliphatic heterocycles. The number of ether oxygens (including phenoxy) is 1. The quantitative estimate of drug-likeness (QED) is 0.904. The van der Waals surface area contributed by atoms with Crippen LogP contribution in [0.2, 0.25) is 0 Å². The van der Waals surface area contributed by atoms with Crippen LogP contribution in [0.25, 0.3) is 0 Å². The third-order valence-corrected chi connectivity index (χ3v) is 5.28. The fourth-order valence-corrected chi connectivity index (χ4v) is 4.04. The van der Waals surface area contributed by atoms with E-state index in [4.69, 9.17) is 4.74 Å². The SMILES string of the molecule is CC(C)Cc1cc(CN2CCC3(CC2)OCCc2cn[nH]c23)[nH]n1. The first-order valence-corrected chi connectivity index (χ1v) is 9.07. The maximum atomic E-state index is 6.22. The van der Waals surface area contributed by atoms with Gasteiger partial charge in [0.05, 0.1) is 24.2 Å². The van der Waals surface area contributed by atoms with Crippen molar-refractivity contribution in [1.82, 2.24) is 25.3 Å². The Kier molecular flexibility index (Phi) is 4.18. The number of hydrogen-bond acceptors (Lipinski definition) is 4. The summed E-state index contributed by atoms with van der Waals surface area (Å²) in [7, 11) is 0. The van der Waals surface area contributed by atoms with Crippen LogP contribution in [-0.2, 0) is 29.7 Å². The first-order chi connectivity index (χ1) is 11.6. The molecule has 6 nitrogen and oxygen atoms in total. The topological polar surface area (TPSA) is 69.8 Å². The predicted molar refractivity (Wildman–Crippen MR) is 91.6 cm³/mol. The molecule has 24 heavy (non-hydrogen) atoms. The first kappa shape index (κ1) is 15.8. The Balaban J connectivity index is 1.38. The molecular weight excluding hydrogens is 302 g/mol. The Morgan fingerprint density at radius 1 is 1.29 bits per heavy atom. The second-order valence-electron chi connectivity index (χ2n) is 7.62. The van der Waals surface area contributed by atoms with Gasteiger partial charge in [-0.2, -0.15) is 10.2 Å². The molecule has 1 spiro atoms. The molecule has 0 amide bonds. The second kappa shape index (κ2) is 6.33. The molecule has 2 N–H and O–H groups in total. The number of nitrogens with zero attached hydrogens (tertiary/aromatic N) is 3. The van der Waals surface area contributed by atoms with E-state index < -0.39 is 0 Å². The summed E-state index contributed by atoms with van der Waals surface area (Å²) in [6, 6.07) is 2.22. The average Bonchev–Trinajstić information content (AvgIpc) is 3.19. The minimum atomic E-state index is -0.141. The zero-order chi connectivity index (χ0) is 16.6. The van der Waals surface area contributed by atoms with Crippen molar-refractivity contribution in [3.05, 3.63) is 34.9 Å². The molecule has 0 aromatic carbocycles. The van der Waals surface area contributed by atoms with Gasteiger partial charge in [-0.3, -0.25) is 15.1 Å². The van der Waals surface area contributed by atoms with Crippen molar-refractivity contribution in [2.75, 3.05) is 19.7 Å². The van der Waals surface area contributed by atoms with Crippen molar-refractivity contribution in [3.8, 4) is 0 Å². The van der Waals surface area contributed by atoms with Crippen LogP contribution in [0.4, 0.5) is 0 Å². The van der Waals surface area contributed by atoms with E-state index in [0.29, 0.717) is 5.92 Å². The summed E-state index contributed by atoms with van der Waals surface area (Å²) in [5, 5.41) is 15.1. The van der Waals surface area contributed by atoms with Crippen LogP contribution in [0.15, 0.2) is 12.3 Å². The normalized spacial score (nSPS) is 20.6. The van der Waals surface area contributed by atoms with Gasteiger partial charge in [-0.05, 0) is 43.2 Å². The summed E-state index contributed by atoms with van der Waals surface area (Å²) in [5.41, 5.74) is 4.80. The molecule has 2 aromatic rings. The van der Waals surface area contributed by atoms with Gasteiger partial charge in [0.25, 0.3) is 0 Å². The number of likely N-dealkylation sites (tertiary alicyclic amines) is 1. The lowest BCUT2D eigenvalue weighted by Crippen LogP contribution is -2.46. The number of aromatic nitrogens is 4. The molecular formula is C18H27N5O. The lowest BCUT2D eigenvalue weighted by atomic mass is 9.84. The van der Waals surface area contributed by atoms with Crippen molar-refractivity contribution in [2.24, 2.45) is 5.92 Å². The number of rotatable bonds is 4. The summed E-state index contributed by atoms with van der Waals surface area (Å²) in [4.78, 5) is 2.49. The van der Waals surface area contributed by atoms with E-state index in [2.05, 4.69) is 45.2 Å². The molecule has 0 atom stereocenters. The molecule has 2 aliphatic rings. The molecule has 6 heteroatoms. The number of hydrogen-bond donors (Lipinski definition) is 2. The Morgan fingerprint density at radius 3 is 2.92 bits per heavy atom. The van der Waals surface area contributed by atoms with E-state index in [9.17, 15) is 0 Å². The standard InChI is InChI=1S/C18H27N5O/c1-13(2)9-15-10-16(21-20-15)12-23-6-4-18(5-7-23)17-14(3-8-24-18)11-19-22-17/h10-11,13H,3-9,12H2,1-2H3,(H,19,22)(H,20,21). The van der Waals surface area contributed by atoms with Crippen LogP contribution in [0, 0.1) is 5.92 Å². The van der Waals surface area contributed by atoms with E-state index in [1.807, 2.05) is 6.20 Å². The number of H-pyrrole nitrogens is 2. The van der Waals surface area contributed by atoms with E-state index >= 15 is 0 Å². The van der Waals surface area contributed by atoms with E-state index in [-0.39, 0.29) is 5.60 Å². The number of nitrogens with one attached hydrogen (secondary N) is 2. The lowest BCUT2D eigenvalue weighted by Gasteiger charge is -2.43. The Hall–Kier alpha value is -1.66. The first-order valence-electron chi connectivity index (χ1n) is 9.07. The molecule has 0 radical (unpaired) electrons. The molecule has 0 bridgehead atoms. The third kappa shape index (κ3) is 3.00. The fourth-order valence-electron chi connectivity index (χ4n) is 4.04. The van der Waals surface area contributed by atoms with Gasteiger partial charge in [0.15, 0.2) is 0 Å². The Bertz CT molecular complexity index is 681. The monoisotopic (exact) mass is 329 g/mol. The molecule has 2 aromatic heterocycles.